The SMILES string of the molecule is O=C1CCCN1C1=NC(CF)(CF)Oc2ccc([N+](=O)[O-])cc21. The van der Waals surface area contributed by atoms with E-state index >= 15 is 0 Å². The largest absolute Gasteiger partial charge is 0.460 e. The molecular weight excluding hydrogens is 312 g/mol. The van der Waals surface area contributed by atoms with E-state index in [2.05, 4.69) is 4.99 Å². The lowest BCUT2D eigenvalue weighted by Crippen LogP contribution is -2.47. The molecule has 0 aromatic heterocycles. The smallest absolute Gasteiger partial charge is 0.270 e. The molecule has 0 N–H and O–H groups in total. The number of amidine groups is 1. The molecule has 0 spiro atoms. The third kappa shape index (κ3) is 2.51. The number of rotatable bonds is 3. The second-order valence-corrected chi connectivity index (χ2v) is 5.34. The predicted octanol–water partition coefficient (Wildman–Crippen LogP) is 1.99. The summed E-state index contributed by atoms with van der Waals surface area (Å²) in [4.78, 5) is 27.6. The van der Waals surface area contributed by atoms with Crippen LogP contribution in [0, 0.1) is 10.1 Å². The van der Waals surface area contributed by atoms with Gasteiger partial charge in [-0.05, 0) is 12.5 Å². The van der Waals surface area contributed by atoms with Gasteiger partial charge in [-0.3, -0.25) is 19.8 Å². The Balaban J connectivity index is 2.15. The highest BCUT2D eigenvalue weighted by molar-refractivity contribution is 6.11. The van der Waals surface area contributed by atoms with Crippen LogP contribution in [0.3, 0.4) is 0 Å². The molecule has 1 saturated heterocycles. The molecule has 1 amide bonds. The fourth-order valence-corrected chi connectivity index (χ4v) is 2.60. The van der Waals surface area contributed by atoms with E-state index in [0.29, 0.717) is 19.4 Å². The number of fused-ring (bicyclic) bond motifs is 1. The molecule has 0 unspecified atom stereocenters. The number of hydrogen-bond acceptors (Lipinski definition) is 5. The van der Waals surface area contributed by atoms with Gasteiger partial charge in [-0.2, -0.15) is 0 Å². The number of carbonyl (C=O) groups is 1. The van der Waals surface area contributed by atoms with Gasteiger partial charge in [0.15, 0.2) is 13.3 Å². The van der Waals surface area contributed by atoms with Crippen LogP contribution in [0.15, 0.2) is 23.2 Å². The molecule has 0 saturated carbocycles. The fourth-order valence-electron chi connectivity index (χ4n) is 2.60. The van der Waals surface area contributed by atoms with Crippen molar-refractivity contribution in [2.75, 3.05) is 19.9 Å². The number of nitrogens with zero attached hydrogens (tertiary/aromatic N) is 3. The van der Waals surface area contributed by atoms with Crippen LogP contribution in [0.1, 0.15) is 18.4 Å². The molecule has 122 valence electrons. The van der Waals surface area contributed by atoms with Crippen molar-refractivity contribution < 1.29 is 23.2 Å². The Morgan fingerprint density at radius 1 is 1.39 bits per heavy atom. The molecule has 0 aliphatic carbocycles. The number of ether oxygens (including phenoxy) is 1. The fraction of sp³-hybridized carbons (Fsp3) is 0.429. The monoisotopic (exact) mass is 325 g/mol. The van der Waals surface area contributed by atoms with Crippen molar-refractivity contribution in [3.8, 4) is 5.75 Å². The highest BCUT2D eigenvalue weighted by Gasteiger charge is 2.41. The Morgan fingerprint density at radius 2 is 2.13 bits per heavy atom. The van der Waals surface area contributed by atoms with Gasteiger partial charge in [0.1, 0.15) is 11.6 Å². The van der Waals surface area contributed by atoms with Gasteiger partial charge in [-0.1, -0.05) is 0 Å². The number of aliphatic imine (C=N–C) groups is 1. The molecule has 0 atom stereocenters. The molecule has 1 fully saturated rings. The van der Waals surface area contributed by atoms with Crippen LogP contribution in [0.2, 0.25) is 0 Å². The summed E-state index contributed by atoms with van der Waals surface area (Å²) in [5.74, 6) is -0.155. The number of hydrogen-bond donors (Lipinski definition) is 0. The summed E-state index contributed by atoms with van der Waals surface area (Å²) in [6, 6.07) is 3.64. The van der Waals surface area contributed by atoms with Gasteiger partial charge in [-0.25, -0.2) is 13.8 Å². The van der Waals surface area contributed by atoms with Gasteiger partial charge in [-0.15, -0.1) is 0 Å². The van der Waals surface area contributed by atoms with Crippen molar-refractivity contribution in [3.63, 3.8) is 0 Å². The van der Waals surface area contributed by atoms with Gasteiger partial charge in [0.2, 0.25) is 5.91 Å². The van der Waals surface area contributed by atoms with E-state index in [9.17, 15) is 23.7 Å². The van der Waals surface area contributed by atoms with Crippen molar-refractivity contribution >= 4 is 17.4 Å². The summed E-state index contributed by atoms with van der Waals surface area (Å²) < 4.78 is 31.9. The van der Waals surface area contributed by atoms with E-state index in [4.69, 9.17) is 4.74 Å². The first-order chi connectivity index (χ1) is 11.0. The van der Waals surface area contributed by atoms with Gasteiger partial charge in [0.05, 0.1) is 10.5 Å². The Bertz CT molecular complexity index is 703. The Morgan fingerprint density at radius 3 is 2.70 bits per heavy atom. The molecule has 3 rings (SSSR count). The highest BCUT2D eigenvalue weighted by Crippen LogP contribution is 2.35. The van der Waals surface area contributed by atoms with Crippen LogP contribution in [0.25, 0.3) is 0 Å². The molecular formula is C14H13F2N3O4. The number of halogens is 2. The third-order valence-electron chi connectivity index (χ3n) is 3.77. The number of amides is 1. The maximum atomic E-state index is 13.3. The van der Waals surface area contributed by atoms with Crippen molar-refractivity contribution in [2.45, 2.75) is 18.6 Å². The van der Waals surface area contributed by atoms with Crippen molar-refractivity contribution in [1.29, 1.82) is 0 Å². The zero-order valence-corrected chi connectivity index (χ0v) is 12.0. The number of benzene rings is 1. The molecule has 7 nitrogen and oxygen atoms in total. The summed E-state index contributed by atoms with van der Waals surface area (Å²) >= 11 is 0. The van der Waals surface area contributed by atoms with E-state index in [1.165, 1.54) is 23.1 Å². The molecule has 9 heteroatoms. The van der Waals surface area contributed by atoms with Crippen LogP contribution in [-0.4, -0.2) is 47.2 Å². The first-order valence-corrected chi connectivity index (χ1v) is 6.99. The summed E-state index contributed by atoms with van der Waals surface area (Å²) in [7, 11) is 0. The molecule has 0 radical (unpaired) electrons. The third-order valence-corrected chi connectivity index (χ3v) is 3.77. The lowest BCUT2D eigenvalue weighted by atomic mass is 10.1. The quantitative estimate of drug-likeness (QED) is 0.628. The van der Waals surface area contributed by atoms with Gasteiger partial charge in [0, 0.05) is 25.1 Å². The normalized spacial score (nSPS) is 19.1. The number of alkyl halides is 2. The average molecular weight is 325 g/mol. The van der Waals surface area contributed by atoms with E-state index in [1.54, 1.807) is 0 Å². The summed E-state index contributed by atoms with van der Waals surface area (Å²) in [6.45, 7) is -2.09. The Labute approximate surface area is 129 Å². The minimum Gasteiger partial charge on any atom is -0.460 e. The molecule has 2 heterocycles. The number of nitro groups is 1. The van der Waals surface area contributed by atoms with Crippen LogP contribution < -0.4 is 4.74 Å². The van der Waals surface area contributed by atoms with Crippen molar-refractivity contribution in [3.05, 3.63) is 33.9 Å². The molecule has 0 bridgehead atoms. The molecule has 2 aliphatic heterocycles. The van der Waals surface area contributed by atoms with E-state index < -0.39 is 24.0 Å². The lowest BCUT2D eigenvalue weighted by Gasteiger charge is -2.34. The van der Waals surface area contributed by atoms with Crippen LogP contribution >= 0.6 is 0 Å². The first kappa shape index (κ1) is 15.3. The first-order valence-electron chi connectivity index (χ1n) is 6.99. The van der Waals surface area contributed by atoms with Gasteiger partial charge >= 0.3 is 0 Å². The molecule has 2 aliphatic rings. The van der Waals surface area contributed by atoms with Crippen molar-refractivity contribution in [2.24, 2.45) is 4.99 Å². The molecule has 23 heavy (non-hydrogen) atoms. The second kappa shape index (κ2) is 5.56. The number of likely N-dealkylation sites (tertiary alicyclic amines) is 1. The van der Waals surface area contributed by atoms with Crippen LogP contribution in [-0.2, 0) is 4.79 Å². The minimum absolute atomic E-state index is 0.0211. The standard InChI is InChI=1S/C14H13F2N3O4/c15-7-14(8-16)17-13(18-5-1-2-12(18)20)10-6-9(19(21)22)3-4-11(10)23-14/h3-4,6H,1-2,5,7-8H2. The summed E-state index contributed by atoms with van der Waals surface area (Å²) in [5.41, 5.74) is -2.09. The van der Waals surface area contributed by atoms with Crippen molar-refractivity contribution in [1.82, 2.24) is 4.90 Å². The minimum atomic E-state index is -2.05. The predicted molar refractivity (Wildman–Crippen MR) is 75.9 cm³/mol. The Kier molecular flexibility index (Phi) is 3.70. The van der Waals surface area contributed by atoms with E-state index in [1.807, 2.05) is 0 Å². The second-order valence-electron chi connectivity index (χ2n) is 5.34. The van der Waals surface area contributed by atoms with Gasteiger partial charge in [0.25, 0.3) is 11.4 Å². The van der Waals surface area contributed by atoms with Crippen LogP contribution in [0.4, 0.5) is 14.5 Å². The zero-order valence-electron chi connectivity index (χ0n) is 12.0. The summed E-state index contributed by atoms with van der Waals surface area (Å²) in [5, 5.41) is 10.9. The maximum Gasteiger partial charge on any atom is 0.270 e. The zero-order chi connectivity index (χ0) is 16.6. The average Bonchev–Trinajstić information content (AvgIpc) is 2.99. The topological polar surface area (TPSA) is 85.0 Å². The Hall–Kier alpha value is -2.58. The van der Waals surface area contributed by atoms with Gasteiger partial charge < -0.3 is 4.74 Å². The number of carbonyl (C=O) groups excluding carboxylic acids is 1. The van der Waals surface area contributed by atoms with E-state index in [0.717, 1.165) is 0 Å². The highest BCUT2D eigenvalue weighted by atomic mass is 19.1. The lowest BCUT2D eigenvalue weighted by molar-refractivity contribution is -0.384. The van der Waals surface area contributed by atoms with E-state index in [-0.39, 0.29) is 28.7 Å². The number of nitro benzene ring substituents is 1. The maximum absolute atomic E-state index is 13.3. The summed E-state index contributed by atoms with van der Waals surface area (Å²) in [6.07, 6.45) is 0.879. The molecule has 1 aromatic carbocycles. The number of non-ortho nitro benzene ring substituents is 1. The van der Waals surface area contributed by atoms with Crippen LogP contribution in [0.5, 0.6) is 5.75 Å². The molecule has 1 aromatic rings.